The Hall–Kier alpha value is -2.22. The molecule has 1 amide bonds. The van der Waals surface area contributed by atoms with Gasteiger partial charge in [0.15, 0.2) is 0 Å². The molecule has 0 aliphatic carbocycles. The molecule has 5 heteroatoms. The van der Waals surface area contributed by atoms with Crippen LogP contribution in [-0.4, -0.2) is 35.7 Å². The molecule has 0 spiro atoms. The van der Waals surface area contributed by atoms with Crippen LogP contribution in [0.5, 0.6) is 0 Å². The summed E-state index contributed by atoms with van der Waals surface area (Å²) in [4.78, 5) is 16.6. The summed E-state index contributed by atoms with van der Waals surface area (Å²) in [7, 11) is 0. The number of aromatic nitrogens is 1. The molecule has 5 nitrogen and oxygen atoms in total. The van der Waals surface area contributed by atoms with Crippen LogP contribution in [-0.2, 0) is 4.74 Å². The Kier molecular flexibility index (Phi) is 2.92. The number of nitrogens with two attached hydrogens (primary N) is 1. The molecule has 1 fully saturated rings. The number of nitrogens with zero attached hydrogens (tertiary/aromatic N) is 2. The van der Waals surface area contributed by atoms with Crippen LogP contribution in [0.1, 0.15) is 5.69 Å². The monoisotopic (exact) mass is 217 g/mol. The Balaban J connectivity index is 1.95. The largest absolute Gasteiger partial charge is 0.448 e. The van der Waals surface area contributed by atoms with E-state index in [0.29, 0.717) is 31.1 Å². The first-order chi connectivity index (χ1) is 7.75. The number of anilines is 1. The number of cyclic esters (lactones) is 1. The average Bonchev–Trinajstić information content (AvgIpc) is 2.68. The normalized spacial score (nSPS) is 14.2. The number of nitrogen functional groups attached to an aromatic ring is 1. The van der Waals surface area contributed by atoms with Crippen LogP contribution in [0, 0.1) is 11.8 Å². The van der Waals surface area contributed by atoms with Gasteiger partial charge in [0.1, 0.15) is 12.3 Å². The summed E-state index contributed by atoms with van der Waals surface area (Å²) < 4.78 is 4.77. The third-order valence-corrected chi connectivity index (χ3v) is 2.12. The van der Waals surface area contributed by atoms with Gasteiger partial charge in [-0.3, -0.25) is 4.90 Å². The predicted octanol–water partition coefficient (Wildman–Crippen LogP) is 0.467. The molecule has 1 aliphatic heterocycles. The van der Waals surface area contributed by atoms with Gasteiger partial charge >= 0.3 is 6.09 Å². The van der Waals surface area contributed by atoms with Gasteiger partial charge in [-0.25, -0.2) is 9.78 Å². The molecule has 16 heavy (non-hydrogen) atoms. The van der Waals surface area contributed by atoms with E-state index in [1.807, 2.05) is 0 Å². The Bertz CT molecular complexity index is 445. The van der Waals surface area contributed by atoms with Crippen molar-refractivity contribution < 1.29 is 9.53 Å². The molecule has 1 saturated heterocycles. The Morgan fingerprint density at radius 2 is 2.44 bits per heavy atom. The first-order valence-electron chi connectivity index (χ1n) is 4.88. The lowest BCUT2D eigenvalue weighted by atomic mass is 10.3. The highest BCUT2D eigenvalue weighted by Gasteiger charge is 2.20. The summed E-state index contributed by atoms with van der Waals surface area (Å²) in [5, 5.41) is 0. The molecule has 1 aliphatic rings. The zero-order valence-electron chi connectivity index (χ0n) is 8.64. The topological polar surface area (TPSA) is 68.4 Å². The van der Waals surface area contributed by atoms with Crippen molar-refractivity contribution in [2.24, 2.45) is 0 Å². The highest BCUT2D eigenvalue weighted by Crippen LogP contribution is 2.02. The molecule has 1 aromatic rings. The molecular formula is C11H11N3O2. The summed E-state index contributed by atoms with van der Waals surface area (Å²) >= 11 is 0. The lowest BCUT2D eigenvalue weighted by molar-refractivity contribution is 0.161. The average molecular weight is 217 g/mol. The van der Waals surface area contributed by atoms with Crippen LogP contribution in [0.3, 0.4) is 0 Å². The first kappa shape index (κ1) is 10.3. The lowest BCUT2D eigenvalue weighted by Gasteiger charge is -2.05. The van der Waals surface area contributed by atoms with E-state index in [9.17, 15) is 4.79 Å². The molecule has 0 atom stereocenters. The smallest absolute Gasteiger partial charge is 0.410 e. The third-order valence-electron chi connectivity index (χ3n) is 2.12. The summed E-state index contributed by atoms with van der Waals surface area (Å²) in [6.07, 6.45) is 1.24. The van der Waals surface area contributed by atoms with Crippen molar-refractivity contribution in [2.75, 3.05) is 25.4 Å². The van der Waals surface area contributed by atoms with Crippen molar-refractivity contribution in [3.63, 3.8) is 0 Å². The molecule has 0 bridgehead atoms. The highest BCUT2D eigenvalue weighted by atomic mass is 16.6. The SMILES string of the molecule is Nc1ccc(C#CCN2CCOC2=O)nc1. The molecule has 0 aromatic carbocycles. The first-order valence-corrected chi connectivity index (χ1v) is 4.88. The molecule has 82 valence electrons. The van der Waals surface area contributed by atoms with Gasteiger partial charge in [0.25, 0.3) is 0 Å². The van der Waals surface area contributed by atoms with Crippen LogP contribution in [0.4, 0.5) is 10.5 Å². The lowest BCUT2D eigenvalue weighted by Crippen LogP contribution is -2.24. The number of ether oxygens (including phenoxy) is 1. The molecule has 1 aromatic heterocycles. The van der Waals surface area contributed by atoms with Gasteiger partial charge in [0.05, 0.1) is 25.0 Å². The minimum absolute atomic E-state index is 0.306. The second-order valence-corrected chi connectivity index (χ2v) is 3.31. The van der Waals surface area contributed by atoms with Crippen molar-refractivity contribution in [2.45, 2.75) is 0 Å². The number of rotatable bonds is 1. The molecule has 0 saturated carbocycles. The van der Waals surface area contributed by atoms with Crippen LogP contribution < -0.4 is 5.73 Å². The van der Waals surface area contributed by atoms with E-state index >= 15 is 0 Å². The van der Waals surface area contributed by atoms with Crippen LogP contribution in [0.15, 0.2) is 18.3 Å². The minimum Gasteiger partial charge on any atom is -0.448 e. The van der Waals surface area contributed by atoms with Gasteiger partial charge in [0, 0.05) is 0 Å². The quantitative estimate of drug-likeness (QED) is 0.694. The second kappa shape index (κ2) is 4.53. The van der Waals surface area contributed by atoms with Crippen LogP contribution in [0.25, 0.3) is 0 Å². The minimum atomic E-state index is -0.306. The van der Waals surface area contributed by atoms with Crippen molar-refractivity contribution in [3.8, 4) is 11.8 Å². The van der Waals surface area contributed by atoms with Crippen LogP contribution >= 0.6 is 0 Å². The predicted molar refractivity (Wildman–Crippen MR) is 58.4 cm³/mol. The molecule has 0 radical (unpaired) electrons. The van der Waals surface area contributed by atoms with Crippen molar-refractivity contribution >= 4 is 11.8 Å². The van der Waals surface area contributed by atoms with E-state index in [1.54, 1.807) is 23.2 Å². The van der Waals surface area contributed by atoms with Gasteiger partial charge in [-0.05, 0) is 18.1 Å². The van der Waals surface area contributed by atoms with Crippen LogP contribution in [0.2, 0.25) is 0 Å². The Morgan fingerprint density at radius 1 is 1.56 bits per heavy atom. The number of amides is 1. The maximum Gasteiger partial charge on any atom is 0.410 e. The second-order valence-electron chi connectivity index (χ2n) is 3.31. The van der Waals surface area contributed by atoms with Gasteiger partial charge in [-0.2, -0.15) is 0 Å². The zero-order chi connectivity index (χ0) is 11.4. The van der Waals surface area contributed by atoms with E-state index in [4.69, 9.17) is 10.5 Å². The van der Waals surface area contributed by atoms with Crippen molar-refractivity contribution in [3.05, 3.63) is 24.0 Å². The standard InChI is InChI=1S/C11H11N3O2/c12-9-3-4-10(13-8-9)2-1-5-14-6-7-16-11(14)15/h3-4,8H,5-7,12H2. The van der Waals surface area contributed by atoms with Crippen molar-refractivity contribution in [1.82, 2.24) is 9.88 Å². The zero-order valence-corrected chi connectivity index (χ0v) is 8.64. The van der Waals surface area contributed by atoms with Gasteiger partial charge in [-0.1, -0.05) is 5.92 Å². The number of pyridine rings is 1. The Morgan fingerprint density at radius 3 is 3.06 bits per heavy atom. The number of hydrogen-bond donors (Lipinski definition) is 1. The van der Waals surface area contributed by atoms with E-state index in [0.717, 1.165) is 0 Å². The van der Waals surface area contributed by atoms with E-state index < -0.39 is 0 Å². The fourth-order valence-corrected chi connectivity index (χ4v) is 1.27. The molecule has 2 heterocycles. The molecule has 2 N–H and O–H groups in total. The summed E-state index contributed by atoms with van der Waals surface area (Å²) in [6, 6.07) is 3.48. The van der Waals surface area contributed by atoms with Gasteiger partial charge in [0.2, 0.25) is 0 Å². The number of hydrogen-bond acceptors (Lipinski definition) is 4. The van der Waals surface area contributed by atoms with Gasteiger partial charge < -0.3 is 10.5 Å². The number of carbonyl (C=O) groups is 1. The maximum absolute atomic E-state index is 11.1. The molecule has 0 unspecified atom stereocenters. The third kappa shape index (κ3) is 2.42. The van der Waals surface area contributed by atoms with E-state index in [1.165, 1.54) is 0 Å². The summed E-state index contributed by atoms with van der Waals surface area (Å²) in [5.74, 6) is 5.72. The summed E-state index contributed by atoms with van der Waals surface area (Å²) in [6.45, 7) is 1.41. The number of carbonyl (C=O) groups excluding carboxylic acids is 1. The molecular weight excluding hydrogens is 206 g/mol. The maximum atomic E-state index is 11.1. The fraction of sp³-hybridized carbons (Fsp3) is 0.273. The summed E-state index contributed by atoms with van der Waals surface area (Å²) in [5.41, 5.74) is 6.74. The van der Waals surface area contributed by atoms with E-state index in [2.05, 4.69) is 16.8 Å². The highest BCUT2D eigenvalue weighted by molar-refractivity contribution is 5.69. The van der Waals surface area contributed by atoms with Gasteiger partial charge in [-0.15, -0.1) is 0 Å². The van der Waals surface area contributed by atoms with Crippen molar-refractivity contribution in [1.29, 1.82) is 0 Å². The Labute approximate surface area is 93.2 Å². The van der Waals surface area contributed by atoms with E-state index in [-0.39, 0.29) is 6.09 Å². The fourth-order valence-electron chi connectivity index (χ4n) is 1.27. The molecule has 2 rings (SSSR count).